The van der Waals surface area contributed by atoms with Crippen LogP contribution in [0.15, 0.2) is 0 Å². The van der Waals surface area contributed by atoms with Crippen molar-refractivity contribution in [2.75, 3.05) is 0 Å². The molecule has 260 valence electrons. The molecule has 5 nitrogen and oxygen atoms in total. The minimum atomic E-state index is -5.88. The van der Waals surface area contributed by atoms with Gasteiger partial charge in [0.1, 0.15) is 0 Å². The molecule has 5 saturated carbocycles. The molecule has 0 aromatic carbocycles. The zero-order valence-electron chi connectivity index (χ0n) is 25.3. The van der Waals surface area contributed by atoms with Gasteiger partial charge in [-0.15, -0.1) is 0 Å². The summed E-state index contributed by atoms with van der Waals surface area (Å²) in [4.78, 5) is 26.1. The maximum Gasteiger partial charge on any atom is 0.448 e. The largest absolute Gasteiger partial charge is 0.448 e. The molecule has 8 aliphatic rings. The van der Waals surface area contributed by atoms with E-state index in [2.05, 4.69) is 0 Å². The Morgan fingerprint density at radius 2 is 1.33 bits per heavy atom. The lowest BCUT2D eigenvalue weighted by Crippen LogP contribution is -2.65. The highest BCUT2D eigenvalue weighted by Crippen LogP contribution is 2.72. The van der Waals surface area contributed by atoms with Crippen LogP contribution in [-0.2, 0) is 23.8 Å². The molecule has 8 atom stereocenters. The third-order valence-electron chi connectivity index (χ3n) is 13.4. The van der Waals surface area contributed by atoms with Crippen LogP contribution in [-0.4, -0.2) is 53.6 Å². The van der Waals surface area contributed by atoms with E-state index in [9.17, 15) is 22.8 Å². The molecule has 3 heterocycles. The smallest absolute Gasteiger partial charge is 0.393 e. The van der Waals surface area contributed by atoms with Gasteiger partial charge in [-0.05, 0) is 86.4 Å². The molecule has 0 aromatic heterocycles. The van der Waals surface area contributed by atoms with Crippen molar-refractivity contribution in [3.8, 4) is 0 Å². The first-order valence-electron chi connectivity index (χ1n) is 16.0. The van der Waals surface area contributed by atoms with E-state index < -0.39 is 126 Å². The predicted octanol–water partition coefficient (Wildman–Crippen LogP) is 7.71. The first kappa shape index (κ1) is 32.9. The van der Waals surface area contributed by atoms with Crippen molar-refractivity contribution in [1.29, 1.82) is 0 Å². The number of halogens is 10. The van der Waals surface area contributed by atoms with Gasteiger partial charge in [-0.2, -0.15) is 39.5 Å². The van der Waals surface area contributed by atoms with Gasteiger partial charge >= 0.3 is 36.3 Å². The summed E-state index contributed by atoms with van der Waals surface area (Å²) >= 11 is 0. The second-order valence-electron chi connectivity index (χ2n) is 16.0. The van der Waals surface area contributed by atoms with Gasteiger partial charge < -0.3 is 14.2 Å². The van der Waals surface area contributed by atoms with Gasteiger partial charge in [0, 0.05) is 17.8 Å². The average molecular weight is 679 g/mol. The Morgan fingerprint density at radius 1 is 0.783 bits per heavy atom. The van der Waals surface area contributed by atoms with Crippen LogP contribution < -0.4 is 0 Å². The fraction of sp³-hybridized carbons (Fsp3) is 0.935. The molecule has 8 fully saturated rings. The SMILES string of the molecule is CC1C(C2C(=O)OC(=O)C2CC(C)(C)C2CC3(OC2(C(F)(F)F)C(F)(F)F)C2CC4CC(C2)CC3C4)C2CC1C(F)(C(F)(F)F)O2. The second-order valence-corrected chi connectivity index (χ2v) is 16.0. The Labute approximate surface area is 258 Å². The standard InChI is InChI=1S/C31H36F10O5/c1-12-18-9-19(45-28(18,32)31(39,40)41)21(12)22-17(23(42)44-24(22)43)10-25(2,3)20-11-26(46-27(20,29(33,34)35)30(36,37)38)15-5-13-4-14(7-15)8-16(26)6-13/h12-22H,4-11H2,1-3H3. The summed E-state index contributed by atoms with van der Waals surface area (Å²) < 4.78 is 161. The minimum absolute atomic E-state index is 0.223. The fourth-order valence-electron chi connectivity index (χ4n) is 11.7. The summed E-state index contributed by atoms with van der Waals surface area (Å²) in [5.74, 6) is -16.2. The zero-order valence-corrected chi connectivity index (χ0v) is 25.3. The topological polar surface area (TPSA) is 61.8 Å². The van der Waals surface area contributed by atoms with Crippen LogP contribution in [0.5, 0.6) is 0 Å². The van der Waals surface area contributed by atoms with E-state index in [4.69, 9.17) is 14.2 Å². The molecule has 0 radical (unpaired) electrons. The normalized spacial score (nSPS) is 48.2. The second kappa shape index (κ2) is 9.53. The Bertz CT molecular complexity index is 1260. The molecule has 5 aliphatic carbocycles. The van der Waals surface area contributed by atoms with Crippen LogP contribution in [0, 0.1) is 64.6 Å². The van der Waals surface area contributed by atoms with E-state index in [-0.39, 0.29) is 11.8 Å². The van der Waals surface area contributed by atoms with Gasteiger partial charge in [0.25, 0.3) is 5.60 Å². The molecular formula is C31H36F10O5. The van der Waals surface area contributed by atoms with Gasteiger partial charge in [-0.3, -0.25) is 9.59 Å². The number of esters is 2. The van der Waals surface area contributed by atoms with Crippen molar-refractivity contribution < 1.29 is 67.7 Å². The highest BCUT2D eigenvalue weighted by Gasteiger charge is 2.84. The highest BCUT2D eigenvalue weighted by molar-refractivity contribution is 5.96. The number of fused-ring (bicyclic) bond motifs is 2. The monoisotopic (exact) mass is 678 g/mol. The van der Waals surface area contributed by atoms with E-state index >= 15 is 30.7 Å². The Balaban J connectivity index is 1.24. The molecule has 46 heavy (non-hydrogen) atoms. The molecule has 1 spiro atoms. The average Bonchev–Trinajstić information content (AvgIpc) is 3.61. The number of hydrogen-bond donors (Lipinski definition) is 0. The molecule has 3 saturated heterocycles. The summed E-state index contributed by atoms with van der Waals surface area (Å²) in [5, 5.41) is 0. The number of carbonyl (C=O) groups excluding carboxylic acids is 2. The van der Waals surface area contributed by atoms with E-state index in [0.717, 1.165) is 6.42 Å². The maximum atomic E-state index is 15.1. The summed E-state index contributed by atoms with van der Waals surface area (Å²) in [6, 6.07) is 0. The quantitative estimate of drug-likeness (QED) is 0.173. The van der Waals surface area contributed by atoms with Crippen LogP contribution in [0.25, 0.3) is 0 Å². The highest BCUT2D eigenvalue weighted by atomic mass is 19.4. The van der Waals surface area contributed by atoms with Crippen molar-refractivity contribution in [1.82, 2.24) is 0 Å². The summed E-state index contributed by atoms with van der Waals surface area (Å²) in [5.41, 5.74) is -8.15. The Morgan fingerprint density at radius 3 is 1.80 bits per heavy atom. The molecule has 8 rings (SSSR count). The van der Waals surface area contributed by atoms with E-state index in [0.29, 0.717) is 25.7 Å². The molecule has 6 bridgehead atoms. The Hall–Kier alpha value is -1.64. The number of hydrogen-bond acceptors (Lipinski definition) is 5. The van der Waals surface area contributed by atoms with E-state index in [1.807, 2.05) is 0 Å². The third kappa shape index (κ3) is 4.14. The van der Waals surface area contributed by atoms with Crippen LogP contribution in [0.3, 0.4) is 0 Å². The van der Waals surface area contributed by atoms with E-state index in [1.165, 1.54) is 20.8 Å². The van der Waals surface area contributed by atoms with Crippen molar-refractivity contribution in [3.05, 3.63) is 0 Å². The van der Waals surface area contributed by atoms with Crippen LogP contribution in [0.1, 0.15) is 72.1 Å². The molecular weight excluding hydrogens is 642 g/mol. The number of rotatable bonds is 4. The van der Waals surface area contributed by atoms with Gasteiger partial charge in [-0.1, -0.05) is 20.8 Å². The van der Waals surface area contributed by atoms with Crippen LogP contribution in [0.2, 0.25) is 0 Å². The summed E-state index contributed by atoms with van der Waals surface area (Å²) in [6.45, 7) is 3.65. The first-order valence-corrected chi connectivity index (χ1v) is 16.0. The molecule has 15 heteroatoms. The fourth-order valence-corrected chi connectivity index (χ4v) is 11.7. The lowest BCUT2D eigenvalue weighted by atomic mass is 9.48. The minimum Gasteiger partial charge on any atom is -0.393 e. The lowest BCUT2D eigenvalue weighted by molar-refractivity contribution is -0.410. The number of ether oxygens (including phenoxy) is 3. The molecule has 8 unspecified atom stereocenters. The van der Waals surface area contributed by atoms with Crippen LogP contribution in [0.4, 0.5) is 43.9 Å². The third-order valence-corrected chi connectivity index (χ3v) is 13.4. The summed E-state index contributed by atoms with van der Waals surface area (Å²) in [6.07, 6.45) is -17.4. The number of cyclic esters (lactones) is 2. The van der Waals surface area contributed by atoms with Gasteiger partial charge in [0.05, 0.1) is 23.5 Å². The Kier molecular flexibility index (Phi) is 6.81. The van der Waals surface area contributed by atoms with Crippen molar-refractivity contribution in [2.24, 2.45) is 64.6 Å². The molecule has 3 aliphatic heterocycles. The van der Waals surface area contributed by atoms with Crippen molar-refractivity contribution in [3.63, 3.8) is 0 Å². The van der Waals surface area contributed by atoms with Crippen molar-refractivity contribution >= 4 is 11.9 Å². The maximum absolute atomic E-state index is 15.1. The molecule has 0 N–H and O–H groups in total. The van der Waals surface area contributed by atoms with Gasteiger partial charge in [-0.25, -0.2) is 4.39 Å². The molecule has 0 amide bonds. The number of alkyl halides is 10. The van der Waals surface area contributed by atoms with Crippen molar-refractivity contribution in [2.45, 2.75) is 114 Å². The number of carbonyl (C=O) groups is 2. The van der Waals surface area contributed by atoms with Gasteiger partial charge in [0.2, 0.25) is 0 Å². The lowest BCUT2D eigenvalue weighted by Gasteiger charge is -2.60. The first-order chi connectivity index (χ1) is 21.0. The summed E-state index contributed by atoms with van der Waals surface area (Å²) in [7, 11) is 0. The van der Waals surface area contributed by atoms with Gasteiger partial charge in [0.15, 0.2) is 0 Å². The zero-order chi connectivity index (χ0) is 33.8. The van der Waals surface area contributed by atoms with E-state index in [1.54, 1.807) is 0 Å². The predicted molar refractivity (Wildman–Crippen MR) is 136 cm³/mol. The van der Waals surface area contributed by atoms with Crippen LogP contribution >= 0.6 is 0 Å². The molecule has 0 aromatic rings.